The monoisotopic (exact) mass is 331 g/mol. The SMILES string of the molecule is Nc1cn(-c2ccc(F)cc2)nc1-c1ccc(Br)cc1. The molecule has 3 nitrogen and oxygen atoms in total. The number of benzene rings is 2. The molecule has 0 unspecified atom stereocenters. The third kappa shape index (κ3) is 2.44. The van der Waals surface area contributed by atoms with Crippen molar-refractivity contribution < 1.29 is 4.39 Å². The van der Waals surface area contributed by atoms with Crippen molar-refractivity contribution in [2.24, 2.45) is 0 Å². The van der Waals surface area contributed by atoms with E-state index in [0.29, 0.717) is 11.4 Å². The van der Waals surface area contributed by atoms with E-state index in [1.54, 1.807) is 23.0 Å². The Morgan fingerprint density at radius 2 is 1.65 bits per heavy atom. The number of halogens is 2. The molecular weight excluding hydrogens is 321 g/mol. The zero-order valence-electron chi connectivity index (χ0n) is 10.4. The molecule has 0 aliphatic heterocycles. The maximum atomic E-state index is 12.9. The van der Waals surface area contributed by atoms with E-state index in [2.05, 4.69) is 21.0 Å². The van der Waals surface area contributed by atoms with Crippen molar-refractivity contribution in [3.8, 4) is 16.9 Å². The van der Waals surface area contributed by atoms with Gasteiger partial charge in [0.25, 0.3) is 0 Å². The van der Waals surface area contributed by atoms with Crippen molar-refractivity contribution >= 4 is 21.6 Å². The maximum absolute atomic E-state index is 12.9. The van der Waals surface area contributed by atoms with Gasteiger partial charge in [0.15, 0.2) is 0 Å². The van der Waals surface area contributed by atoms with E-state index in [-0.39, 0.29) is 5.82 Å². The first-order valence-electron chi connectivity index (χ1n) is 6.00. The largest absolute Gasteiger partial charge is 0.396 e. The van der Waals surface area contributed by atoms with E-state index in [4.69, 9.17) is 5.73 Å². The van der Waals surface area contributed by atoms with E-state index in [9.17, 15) is 4.39 Å². The minimum atomic E-state index is -0.276. The highest BCUT2D eigenvalue weighted by Crippen LogP contribution is 2.26. The van der Waals surface area contributed by atoms with Gasteiger partial charge in [-0.2, -0.15) is 5.10 Å². The molecule has 0 aliphatic rings. The van der Waals surface area contributed by atoms with Crippen molar-refractivity contribution in [1.29, 1.82) is 0 Å². The normalized spacial score (nSPS) is 10.7. The number of anilines is 1. The van der Waals surface area contributed by atoms with Crippen LogP contribution in [0.15, 0.2) is 59.2 Å². The number of nitrogens with zero attached hydrogens (tertiary/aromatic N) is 2. The van der Waals surface area contributed by atoms with Gasteiger partial charge in [-0.3, -0.25) is 0 Å². The number of hydrogen-bond acceptors (Lipinski definition) is 2. The lowest BCUT2D eigenvalue weighted by molar-refractivity contribution is 0.627. The average molecular weight is 332 g/mol. The summed E-state index contributed by atoms with van der Waals surface area (Å²) in [5.74, 6) is -0.276. The molecule has 0 radical (unpaired) electrons. The van der Waals surface area contributed by atoms with Gasteiger partial charge in [0.1, 0.15) is 11.5 Å². The lowest BCUT2D eigenvalue weighted by atomic mass is 10.1. The molecule has 20 heavy (non-hydrogen) atoms. The van der Waals surface area contributed by atoms with Gasteiger partial charge in [0, 0.05) is 10.0 Å². The molecule has 1 aromatic heterocycles. The summed E-state index contributed by atoms with van der Waals surface area (Å²) in [6.45, 7) is 0. The van der Waals surface area contributed by atoms with Crippen LogP contribution in [0.4, 0.5) is 10.1 Å². The van der Waals surface area contributed by atoms with Gasteiger partial charge >= 0.3 is 0 Å². The number of nitrogens with two attached hydrogens (primary N) is 1. The van der Waals surface area contributed by atoms with Crippen LogP contribution < -0.4 is 5.73 Å². The third-order valence-electron chi connectivity index (χ3n) is 2.95. The number of nitrogen functional groups attached to an aromatic ring is 1. The summed E-state index contributed by atoms with van der Waals surface area (Å²) in [7, 11) is 0. The minimum Gasteiger partial charge on any atom is -0.396 e. The molecule has 0 spiro atoms. The first-order chi connectivity index (χ1) is 9.63. The van der Waals surface area contributed by atoms with Crippen LogP contribution in [-0.4, -0.2) is 9.78 Å². The highest BCUT2D eigenvalue weighted by Gasteiger charge is 2.09. The second kappa shape index (κ2) is 5.09. The summed E-state index contributed by atoms with van der Waals surface area (Å²) in [5.41, 5.74) is 9.00. The molecular formula is C15H11BrFN3. The molecule has 2 aromatic carbocycles. The number of aromatic nitrogens is 2. The van der Waals surface area contributed by atoms with Crippen molar-refractivity contribution in [2.75, 3.05) is 5.73 Å². The average Bonchev–Trinajstić information content (AvgIpc) is 2.82. The summed E-state index contributed by atoms with van der Waals surface area (Å²) in [6, 6.07) is 13.9. The molecule has 0 bridgehead atoms. The van der Waals surface area contributed by atoms with Crippen LogP contribution in [0.5, 0.6) is 0 Å². The molecule has 0 saturated heterocycles. The zero-order valence-corrected chi connectivity index (χ0v) is 12.0. The summed E-state index contributed by atoms with van der Waals surface area (Å²) in [5, 5.41) is 4.46. The molecule has 0 aliphatic carbocycles. The summed E-state index contributed by atoms with van der Waals surface area (Å²) < 4.78 is 15.6. The van der Waals surface area contributed by atoms with E-state index < -0.39 is 0 Å². The van der Waals surface area contributed by atoms with E-state index in [1.807, 2.05) is 24.3 Å². The standard InChI is InChI=1S/C15H11BrFN3/c16-11-3-1-10(2-4-11)15-14(18)9-20(19-15)13-7-5-12(17)6-8-13/h1-9H,18H2. The van der Waals surface area contributed by atoms with Crippen molar-refractivity contribution in [2.45, 2.75) is 0 Å². The van der Waals surface area contributed by atoms with Crippen LogP contribution >= 0.6 is 15.9 Å². The van der Waals surface area contributed by atoms with Gasteiger partial charge in [-0.05, 0) is 36.4 Å². The van der Waals surface area contributed by atoms with Crippen LogP contribution in [0.3, 0.4) is 0 Å². The molecule has 3 aromatic rings. The van der Waals surface area contributed by atoms with Crippen LogP contribution in [-0.2, 0) is 0 Å². The van der Waals surface area contributed by atoms with Crippen LogP contribution in [0.2, 0.25) is 0 Å². The fourth-order valence-electron chi connectivity index (χ4n) is 1.95. The molecule has 100 valence electrons. The Hall–Kier alpha value is -2.14. The molecule has 5 heteroatoms. The molecule has 3 rings (SSSR count). The van der Waals surface area contributed by atoms with Gasteiger partial charge in [-0.25, -0.2) is 9.07 Å². The predicted octanol–water partition coefficient (Wildman–Crippen LogP) is 4.02. The number of rotatable bonds is 2. The van der Waals surface area contributed by atoms with Crippen LogP contribution in [0.25, 0.3) is 16.9 Å². The Labute approximate surface area is 124 Å². The molecule has 2 N–H and O–H groups in total. The minimum absolute atomic E-state index is 0.276. The Balaban J connectivity index is 2.02. The Bertz CT molecular complexity index is 733. The second-order valence-corrected chi connectivity index (χ2v) is 5.28. The van der Waals surface area contributed by atoms with Crippen molar-refractivity contribution in [1.82, 2.24) is 9.78 Å². The Morgan fingerprint density at radius 3 is 2.30 bits per heavy atom. The fourth-order valence-corrected chi connectivity index (χ4v) is 2.21. The molecule has 1 heterocycles. The van der Waals surface area contributed by atoms with Gasteiger partial charge in [-0.1, -0.05) is 28.1 Å². The summed E-state index contributed by atoms with van der Waals surface area (Å²) in [4.78, 5) is 0. The smallest absolute Gasteiger partial charge is 0.123 e. The quantitative estimate of drug-likeness (QED) is 0.770. The first kappa shape index (κ1) is 12.9. The molecule has 0 fully saturated rings. The predicted molar refractivity (Wildman–Crippen MR) is 81.1 cm³/mol. The number of hydrogen-bond donors (Lipinski definition) is 1. The van der Waals surface area contributed by atoms with Gasteiger partial charge < -0.3 is 5.73 Å². The second-order valence-electron chi connectivity index (χ2n) is 4.36. The van der Waals surface area contributed by atoms with Gasteiger partial charge in [0.05, 0.1) is 17.6 Å². The van der Waals surface area contributed by atoms with Crippen LogP contribution in [0, 0.1) is 5.82 Å². The van der Waals surface area contributed by atoms with E-state index in [1.165, 1.54) is 12.1 Å². The molecule has 0 amide bonds. The highest BCUT2D eigenvalue weighted by molar-refractivity contribution is 9.10. The Morgan fingerprint density at radius 1 is 1.00 bits per heavy atom. The maximum Gasteiger partial charge on any atom is 0.123 e. The first-order valence-corrected chi connectivity index (χ1v) is 6.80. The third-order valence-corrected chi connectivity index (χ3v) is 3.48. The van der Waals surface area contributed by atoms with E-state index >= 15 is 0 Å². The summed E-state index contributed by atoms with van der Waals surface area (Å²) >= 11 is 3.39. The van der Waals surface area contributed by atoms with E-state index in [0.717, 1.165) is 15.7 Å². The molecule has 0 saturated carbocycles. The fraction of sp³-hybridized carbons (Fsp3) is 0. The van der Waals surface area contributed by atoms with Crippen molar-refractivity contribution in [3.05, 3.63) is 65.0 Å². The lowest BCUT2D eigenvalue weighted by Crippen LogP contribution is -1.94. The zero-order chi connectivity index (χ0) is 14.1. The Kier molecular flexibility index (Phi) is 3.28. The topological polar surface area (TPSA) is 43.8 Å². The highest BCUT2D eigenvalue weighted by atomic mass is 79.9. The lowest BCUT2D eigenvalue weighted by Gasteiger charge is -2.01. The van der Waals surface area contributed by atoms with Gasteiger partial charge in [0.2, 0.25) is 0 Å². The van der Waals surface area contributed by atoms with Crippen LogP contribution in [0.1, 0.15) is 0 Å². The molecule has 0 atom stereocenters. The summed E-state index contributed by atoms with van der Waals surface area (Å²) in [6.07, 6.45) is 1.73. The van der Waals surface area contributed by atoms with Crippen molar-refractivity contribution in [3.63, 3.8) is 0 Å². The van der Waals surface area contributed by atoms with Gasteiger partial charge in [-0.15, -0.1) is 0 Å².